The summed E-state index contributed by atoms with van der Waals surface area (Å²) in [7, 11) is -0.446. The van der Waals surface area contributed by atoms with Gasteiger partial charge in [0.2, 0.25) is 0 Å². The first-order valence-corrected chi connectivity index (χ1v) is 10.8. The van der Waals surface area contributed by atoms with E-state index in [9.17, 15) is 0 Å². The van der Waals surface area contributed by atoms with Gasteiger partial charge in [-0.3, -0.25) is 0 Å². The van der Waals surface area contributed by atoms with Crippen molar-refractivity contribution >= 4 is 32.3 Å². The fourth-order valence-electron chi connectivity index (χ4n) is 2.25. The van der Waals surface area contributed by atoms with Crippen LogP contribution in [0.15, 0.2) is 30.3 Å². The Balaban J connectivity index is 0.000000338. The molecule has 2 heterocycles. The molecule has 3 rings (SSSR count). The molecule has 0 saturated carbocycles. The van der Waals surface area contributed by atoms with Gasteiger partial charge in [0.05, 0.1) is 4.88 Å². The first-order chi connectivity index (χ1) is 10.8. The topological polar surface area (TPSA) is 86.8 Å². The molecule has 3 N–H and O–H groups in total. The molecular formula is C14H18Cl2NO4S2+. The fourth-order valence-corrected chi connectivity index (χ4v) is 4.89. The Hall–Kier alpha value is -0.510. The zero-order valence-corrected chi connectivity index (χ0v) is 15.3. The van der Waals surface area contributed by atoms with Crippen LogP contribution in [-0.4, -0.2) is 27.1 Å². The Morgan fingerprint density at radius 3 is 2.13 bits per heavy atom. The van der Waals surface area contributed by atoms with E-state index in [0.29, 0.717) is 0 Å². The van der Waals surface area contributed by atoms with E-state index in [1.54, 1.807) is 0 Å². The van der Waals surface area contributed by atoms with Crippen LogP contribution in [0.3, 0.4) is 0 Å². The average molecular weight is 399 g/mol. The van der Waals surface area contributed by atoms with E-state index in [2.05, 4.69) is 22.8 Å². The molecule has 5 nitrogen and oxygen atoms in total. The standard InChI is InChI=1S/C14H15ClNS2.ClH3O4/c15-12-6-4-11(5-7-12)13-10-14(18-17-13)16-8-2-1-3-9-16;2-1(3,4)5/h4-7,10H,1-3,8-9H2;2-4H/q+1;. The summed E-state index contributed by atoms with van der Waals surface area (Å²) in [5.41, 5.74) is 1.27. The van der Waals surface area contributed by atoms with E-state index in [1.165, 1.54) is 47.5 Å². The van der Waals surface area contributed by atoms with Gasteiger partial charge < -0.3 is 0 Å². The predicted octanol–water partition coefficient (Wildman–Crippen LogP) is 1.23. The number of halogens is 2. The molecule has 23 heavy (non-hydrogen) atoms. The first-order valence-electron chi connectivity index (χ1n) is 6.93. The van der Waals surface area contributed by atoms with E-state index in [-0.39, 0.29) is 0 Å². The second kappa shape index (κ2) is 8.55. The van der Waals surface area contributed by atoms with Gasteiger partial charge >= 0.3 is 28.9 Å². The van der Waals surface area contributed by atoms with Gasteiger partial charge in [0.25, 0.3) is 4.67 Å². The summed E-state index contributed by atoms with van der Waals surface area (Å²) >= 11 is 5.92. The van der Waals surface area contributed by atoms with Crippen molar-refractivity contribution in [3.8, 4) is 10.4 Å². The molecule has 0 amide bonds. The second-order valence-electron chi connectivity index (χ2n) is 5.00. The molecular weight excluding hydrogens is 381 g/mol. The van der Waals surface area contributed by atoms with Gasteiger partial charge in [-0.25, -0.2) is 4.58 Å². The minimum absolute atomic E-state index is 0.801. The summed E-state index contributed by atoms with van der Waals surface area (Å²) in [5.74, 6) is 0. The average Bonchev–Trinajstić information content (AvgIpc) is 2.97. The minimum atomic E-state index is -4.19. The Morgan fingerprint density at radius 2 is 1.57 bits per heavy atom. The molecule has 0 spiro atoms. The van der Waals surface area contributed by atoms with Gasteiger partial charge in [0.1, 0.15) is 13.1 Å². The van der Waals surface area contributed by atoms with Crippen LogP contribution < -0.4 is 13.9 Å². The Kier molecular flexibility index (Phi) is 7.00. The van der Waals surface area contributed by atoms with Crippen molar-refractivity contribution in [2.75, 3.05) is 13.1 Å². The van der Waals surface area contributed by atoms with Crippen molar-refractivity contribution in [1.29, 1.82) is 0 Å². The van der Waals surface area contributed by atoms with Gasteiger partial charge in [0, 0.05) is 23.9 Å². The Labute approximate surface area is 148 Å². The number of benzene rings is 1. The molecule has 1 aliphatic heterocycles. The van der Waals surface area contributed by atoms with E-state index < -0.39 is 10.2 Å². The molecule has 1 fully saturated rings. The van der Waals surface area contributed by atoms with Crippen LogP contribution in [0, 0.1) is 10.2 Å². The van der Waals surface area contributed by atoms with E-state index in [1.807, 2.05) is 32.8 Å². The zero-order valence-electron chi connectivity index (χ0n) is 12.2. The van der Waals surface area contributed by atoms with Crippen LogP contribution in [0.4, 0.5) is 0 Å². The van der Waals surface area contributed by atoms with Crippen LogP contribution in [-0.2, 0) is 0 Å². The number of hydrogen-bond acceptors (Lipinski definition) is 6. The molecule has 0 unspecified atom stereocenters. The van der Waals surface area contributed by atoms with Gasteiger partial charge in [-0.2, -0.15) is 0 Å². The maximum absolute atomic E-state index is 8.83. The molecule has 0 bridgehead atoms. The molecule has 9 heteroatoms. The van der Waals surface area contributed by atoms with Crippen LogP contribution in [0.1, 0.15) is 19.3 Å². The van der Waals surface area contributed by atoms with Crippen molar-refractivity contribution in [3.05, 3.63) is 40.0 Å². The molecule has 0 radical (unpaired) electrons. The van der Waals surface area contributed by atoms with Gasteiger partial charge in [-0.1, -0.05) is 34.1 Å². The van der Waals surface area contributed by atoms with Crippen LogP contribution in [0.5, 0.6) is 0 Å². The Bertz CT molecular complexity index is 678. The molecule has 2 aromatic rings. The van der Waals surface area contributed by atoms with Crippen molar-refractivity contribution in [3.63, 3.8) is 0 Å². The molecule has 0 atom stereocenters. The SMILES string of the molecule is Clc1ccc(-c2cc(=[N+]3CCCCC3)ss2)cc1.[O-][Cl+](O)(O)O. The number of piperidine rings is 1. The summed E-state index contributed by atoms with van der Waals surface area (Å²) in [6.45, 7) is 2.43. The summed E-state index contributed by atoms with van der Waals surface area (Å²) < 4.78 is 34.2. The summed E-state index contributed by atoms with van der Waals surface area (Å²) in [4.78, 5) is 1.34. The quantitative estimate of drug-likeness (QED) is 0.497. The first kappa shape index (κ1) is 18.8. The zero-order chi connectivity index (χ0) is 16.9. The molecule has 1 aliphatic rings. The molecule has 0 aliphatic carbocycles. The van der Waals surface area contributed by atoms with Crippen LogP contribution in [0.2, 0.25) is 5.02 Å². The van der Waals surface area contributed by atoms with E-state index in [4.69, 9.17) is 30.2 Å². The second-order valence-corrected chi connectivity index (χ2v) is 8.50. The van der Waals surface area contributed by atoms with Crippen molar-refractivity contribution in [2.45, 2.75) is 19.3 Å². The summed E-state index contributed by atoms with van der Waals surface area (Å²) in [6.07, 6.45) is 4.05. The van der Waals surface area contributed by atoms with Gasteiger partial charge in [-0.15, -0.1) is 0 Å². The molecule has 1 aromatic heterocycles. The molecule has 128 valence electrons. The van der Waals surface area contributed by atoms with Gasteiger partial charge in [-0.05, 0) is 34.5 Å². The normalized spacial score (nSPS) is 15.8. The molecule has 1 aromatic carbocycles. The Morgan fingerprint density at radius 1 is 1.00 bits per heavy atom. The van der Waals surface area contributed by atoms with Crippen LogP contribution in [0.25, 0.3) is 10.4 Å². The third-order valence-electron chi connectivity index (χ3n) is 3.27. The van der Waals surface area contributed by atoms with Crippen molar-refractivity contribution in [1.82, 2.24) is 4.58 Å². The summed E-state index contributed by atoms with van der Waals surface area (Å²) in [6, 6.07) is 10.4. The van der Waals surface area contributed by atoms with Crippen molar-refractivity contribution in [2.24, 2.45) is 0 Å². The van der Waals surface area contributed by atoms with E-state index in [0.717, 1.165) is 5.02 Å². The third kappa shape index (κ3) is 6.86. The van der Waals surface area contributed by atoms with Crippen LogP contribution >= 0.6 is 32.3 Å². The number of hydrogen-bond donors (Lipinski definition) is 3. The maximum atomic E-state index is 8.83. The van der Waals surface area contributed by atoms with Crippen molar-refractivity contribution < 1.29 is 28.9 Å². The number of nitrogens with zero attached hydrogens (tertiary/aromatic N) is 1. The third-order valence-corrected chi connectivity index (χ3v) is 5.98. The van der Waals surface area contributed by atoms with E-state index >= 15 is 0 Å². The predicted molar refractivity (Wildman–Crippen MR) is 88.2 cm³/mol. The monoisotopic (exact) mass is 398 g/mol. The fraction of sp³-hybridized carbons (Fsp3) is 0.357. The number of rotatable bonds is 1. The summed E-state index contributed by atoms with van der Waals surface area (Å²) in [5, 5.41) is 0.801. The molecule has 1 saturated heterocycles. The van der Waals surface area contributed by atoms with Gasteiger partial charge in [0.15, 0.2) is 0 Å².